The topological polar surface area (TPSA) is 59.2 Å². The lowest BCUT2D eigenvalue weighted by Gasteiger charge is -2.22. The molecule has 0 fully saturated rings. The quantitative estimate of drug-likeness (QED) is 0.908. The lowest BCUT2D eigenvalue weighted by atomic mass is 10.1. The van der Waals surface area contributed by atoms with Gasteiger partial charge in [0.2, 0.25) is 0 Å². The summed E-state index contributed by atoms with van der Waals surface area (Å²) >= 11 is 0. The summed E-state index contributed by atoms with van der Waals surface area (Å²) in [7, 11) is 0. The van der Waals surface area contributed by atoms with Crippen LogP contribution in [0.3, 0.4) is 0 Å². The molecule has 0 aliphatic heterocycles. The maximum atomic E-state index is 12.7. The number of rotatable bonds is 5. The van der Waals surface area contributed by atoms with E-state index < -0.39 is 0 Å². The first-order valence-corrected chi connectivity index (χ1v) is 7.03. The fraction of sp³-hybridized carbons (Fsp3) is 0.375. The Balaban J connectivity index is 2.47. The van der Waals surface area contributed by atoms with Gasteiger partial charge in [0.05, 0.1) is 11.1 Å². The second kappa shape index (κ2) is 6.48. The number of fused-ring (bicyclic) bond motifs is 1. The summed E-state index contributed by atoms with van der Waals surface area (Å²) in [6.07, 6.45) is 0.924. The van der Waals surface area contributed by atoms with E-state index in [1.54, 1.807) is 0 Å². The Labute approximate surface area is 119 Å². The fourth-order valence-electron chi connectivity index (χ4n) is 2.40. The van der Waals surface area contributed by atoms with Gasteiger partial charge in [-0.2, -0.15) is 0 Å². The zero-order valence-electron chi connectivity index (χ0n) is 12.1. The molecular weight excluding hydrogens is 250 g/mol. The maximum absolute atomic E-state index is 12.7. The van der Waals surface area contributed by atoms with Crippen molar-refractivity contribution in [3.63, 3.8) is 0 Å². The van der Waals surface area contributed by atoms with Crippen LogP contribution in [0.2, 0.25) is 0 Å². The summed E-state index contributed by atoms with van der Waals surface area (Å²) < 4.78 is 0. The third-order valence-corrected chi connectivity index (χ3v) is 3.25. The van der Waals surface area contributed by atoms with E-state index in [1.165, 1.54) is 0 Å². The van der Waals surface area contributed by atoms with Gasteiger partial charge >= 0.3 is 0 Å². The first kappa shape index (κ1) is 14.5. The van der Waals surface area contributed by atoms with Crippen molar-refractivity contribution in [1.29, 1.82) is 0 Å². The summed E-state index contributed by atoms with van der Waals surface area (Å²) in [5, 5.41) is 0.904. The maximum Gasteiger partial charge on any atom is 0.254 e. The minimum absolute atomic E-state index is 0.0407. The van der Waals surface area contributed by atoms with E-state index in [-0.39, 0.29) is 5.91 Å². The molecular formula is C16H21N3O. The van der Waals surface area contributed by atoms with Crippen molar-refractivity contribution in [1.82, 2.24) is 9.88 Å². The Kier molecular flexibility index (Phi) is 4.69. The van der Waals surface area contributed by atoms with E-state index in [0.717, 1.165) is 35.1 Å². The van der Waals surface area contributed by atoms with Crippen molar-refractivity contribution < 1.29 is 4.79 Å². The number of carbonyl (C=O) groups is 1. The van der Waals surface area contributed by atoms with Crippen molar-refractivity contribution >= 4 is 16.8 Å². The Morgan fingerprint density at radius 2 is 2.05 bits per heavy atom. The predicted octanol–water partition coefficient (Wildman–Crippen LogP) is 2.35. The van der Waals surface area contributed by atoms with Crippen molar-refractivity contribution in [2.45, 2.75) is 20.3 Å². The van der Waals surface area contributed by atoms with Crippen LogP contribution in [0.25, 0.3) is 10.9 Å². The van der Waals surface area contributed by atoms with E-state index in [9.17, 15) is 4.79 Å². The highest BCUT2D eigenvalue weighted by atomic mass is 16.2. The standard InChI is InChI=1S/C16H21N3O/c1-3-9-19(10-8-17)16(20)14-11-12(2)18-15-7-5-4-6-13(14)15/h4-7,11H,3,8-10,17H2,1-2H3. The van der Waals surface area contributed by atoms with Crippen LogP contribution in [-0.2, 0) is 0 Å². The number of hydrogen-bond donors (Lipinski definition) is 1. The van der Waals surface area contributed by atoms with Gasteiger partial charge in [0.15, 0.2) is 0 Å². The lowest BCUT2D eigenvalue weighted by molar-refractivity contribution is 0.0762. The lowest BCUT2D eigenvalue weighted by Crippen LogP contribution is -2.36. The second-order valence-corrected chi connectivity index (χ2v) is 4.91. The highest BCUT2D eigenvalue weighted by Gasteiger charge is 2.17. The molecule has 0 aliphatic carbocycles. The van der Waals surface area contributed by atoms with Gasteiger partial charge in [0.1, 0.15) is 0 Å². The van der Waals surface area contributed by atoms with Gasteiger partial charge in [-0.3, -0.25) is 9.78 Å². The average molecular weight is 271 g/mol. The second-order valence-electron chi connectivity index (χ2n) is 4.91. The number of nitrogens with two attached hydrogens (primary N) is 1. The molecule has 1 amide bonds. The van der Waals surface area contributed by atoms with Crippen LogP contribution in [0.5, 0.6) is 0 Å². The van der Waals surface area contributed by atoms with Crippen LogP contribution in [0.15, 0.2) is 30.3 Å². The van der Waals surface area contributed by atoms with Crippen molar-refractivity contribution in [2.24, 2.45) is 5.73 Å². The molecule has 1 heterocycles. The van der Waals surface area contributed by atoms with Crippen molar-refractivity contribution in [2.75, 3.05) is 19.6 Å². The Bertz CT molecular complexity index is 604. The van der Waals surface area contributed by atoms with E-state index in [1.807, 2.05) is 42.2 Å². The number of pyridine rings is 1. The first-order chi connectivity index (χ1) is 9.67. The van der Waals surface area contributed by atoms with Gasteiger partial charge in [-0.05, 0) is 25.5 Å². The SMILES string of the molecule is CCCN(CCN)C(=O)c1cc(C)nc2ccccc12. The van der Waals surface area contributed by atoms with E-state index in [0.29, 0.717) is 13.1 Å². The minimum atomic E-state index is 0.0407. The monoisotopic (exact) mass is 271 g/mol. The zero-order chi connectivity index (χ0) is 14.5. The summed E-state index contributed by atoms with van der Waals surface area (Å²) in [6.45, 7) is 5.77. The van der Waals surface area contributed by atoms with Gasteiger partial charge in [0, 0.05) is 30.7 Å². The molecule has 2 aromatic rings. The molecule has 0 saturated carbocycles. The molecule has 0 spiro atoms. The van der Waals surface area contributed by atoms with Crippen LogP contribution in [0.1, 0.15) is 29.4 Å². The summed E-state index contributed by atoms with van der Waals surface area (Å²) in [5.41, 5.74) is 8.05. The number of amides is 1. The highest BCUT2D eigenvalue weighted by molar-refractivity contribution is 6.06. The number of aryl methyl sites for hydroxylation is 1. The molecule has 0 aliphatic rings. The normalized spacial score (nSPS) is 10.8. The molecule has 0 atom stereocenters. The molecule has 106 valence electrons. The first-order valence-electron chi connectivity index (χ1n) is 7.03. The molecule has 0 bridgehead atoms. The molecule has 0 saturated heterocycles. The van der Waals surface area contributed by atoms with Crippen molar-refractivity contribution in [3.05, 3.63) is 41.6 Å². The summed E-state index contributed by atoms with van der Waals surface area (Å²) in [4.78, 5) is 19.0. The van der Waals surface area contributed by atoms with Crippen LogP contribution in [0, 0.1) is 6.92 Å². The Hall–Kier alpha value is -1.94. The molecule has 4 heteroatoms. The van der Waals surface area contributed by atoms with Gasteiger partial charge in [-0.25, -0.2) is 0 Å². The largest absolute Gasteiger partial charge is 0.337 e. The highest BCUT2D eigenvalue weighted by Crippen LogP contribution is 2.20. The van der Waals surface area contributed by atoms with Crippen LogP contribution in [0.4, 0.5) is 0 Å². The molecule has 0 unspecified atom stereocenters. The third kappa shape index (κ3) is 2.96. The molecule has 2 rings (SSSR count). The molecule has 4 nitrogen and oxygen atoms in total. The number of hydrogen-bond acceptors (Lipinski definition) is 3. The number of carbonyl (C=O) groups excluding carboxylic acids is 1. The van der Waals surface area contributed by atoms with E-state index in [2.05, 4.69) is 11.9 Å². The van der Waals surface area contributed by atoms with Gasteiger partial charge in [0.25, 0.3) is 5.91 Å². The Morgan fingerprint density at radius 3 is 2.75 bits per heavy atom. The smallest absolute Gasteiger partial charge is 0.254 e. The number of para-hydroxylation sites is 1. The zero-order valence-corrected chi connectivity index (χ0v) is 12.1. The number of nitrogens with zero attached hydrogens (tertiary/aromatic N) is 2. The molecule has 1 aromatic carbocycles. The van der Waals surface area contributed by atoms with E-state index in [4.69, 9.17) is 5.73 Å². The van der Waals surface area contributed by atoms with Crippen molar-refractivity contribution in [3.8, 4) is 0 Å². The van der Waals surface area contributed by atoms with Gasteiger partial charge in [-0.15, -0.1) is 0 Å². The number of aromatic nitrogens is 1. The summed E-state index contributed by atoms with van der Waals surface area (Å²) in [6, 6.07) is 9.62. The molecule has 1 aromatic heterocycles. The molecule has 2 N–H and O–H groups in total. The van der Waals surface area contributed by atoms with Crippen LogP contribution in [-0.4, -0.2) is 35.4 Å². The minimum Gasteiger partial charge on any atom is -0.337 e. The fourth-order valence-corrected chi connectivity index (χ4v) is 2.40. The predicted molar refractivity (Wildman–Crippen MR) is 81.7 cm³/mol. The summed E-state index contributed by atoms with van der Waals surface area (Å²) in [5.74, 6) is 0.0407. The van der Waals surface area contributed by atoms with Gasteiger partial charge < -0.3 is 10.6 Å². The average Bonchev–Trinajstić information content (AvgIpc) is 2.45. The van der Waals surface area contributed by atoms with Gasteiger partial charge in [-0.1, -0.05) is 25.1 Å². The van der Waals surface area contributed by atoms with Crippen LogP contribution >= 0.6 is 0 Å². The molecule has 0 radical (unpaired) electrons. The van der Waals surface area contributed by atoms with E-state index >= 15 is 0 Å². The Morgan fingerprint density at radius 1 is 1.30 bits per heavy atom. The molecule has 20 heavy (non-hydrogen) atoms. The number of benzene rings is 1. The third-order valence-electron chi connectivity index (χ3n) is 3.25. The van der Waals surface area contributed by atoms with Crippen LogP contribution < -0.4 is 5.73 Å².